The van der Waals surface area contributed by atoms with Crippen molar-refractivity contribution in [2.45, 2.75) is 45.6 Å². The van der Waals surface area contributed by atoms with Crippen LogP contribution in [0.1, 0.15) is 39.5 Å². The summed E-state index contributed by atoms with van der Waals surface area (Å²) in [4.78, 5) is 11.8. The van der Waals surface area contributed by atoms with Gasteiger partial charge in [-0.05, 0) is 31.5 Å². The van der Waals surface area contributed by atoms with Gasteiger partial charge in [0.25, 0.3) is 0 Å². The van der Waals surface area contributed by atoms with Crippen LogP contribution in [0.3, 0.4) is 0 Å². The van der Waals surface area contributed by atoms with E-state index in [1.807, 2.05) is 6.92 Å². The molecule has 0 aliphatic rings. The summed E-state index contributed by atoms with van der Waals surface area (Å²) in [6.07, 6.45) is 4.50. The summed E-state index contributed by atoms with van der Waals surface area (Å²) < 4.78 is 0. The van der Waals surface area contributed by atoms with Crippen LogP contribution in [0.5, 0.6) is 0 Å². The highest BCUT2D eigenvalue weighted by atomic mass is 35.5. The normalized spacial score (nSPS) is 12.0. The van der Waals surface area contributed by atoms with Gasteiger partial charge in [-0.2, -0.15) is 0 Å². The van der Waals surface area contributed by atoms with Gasteiger partial charge in [-0.3, -0.25) is 0 Å². The SMILES string of the molecule is CCCCCC(C)NC(=O)Nc1ccc(Cl)c(Cl)c1. The Morgan fingerprint density at radius 3 is 2.63 bits per heavy atom. The molecule has 19 heavy (non-hydrogen) atoms. The quantitative estimate of drug-likeness (QED) is 0.707. The molecule has 0 aliphatic carbocycles. The number of carbonyl (C=O) groups is 1. The van der Waals surface area contributed by atoms with Crippen LogP contribution in [0.2, 0.25) is 10.0 Å². The number of anilines is 1. The van der Waals surface area contributed by atoms with Gasteiger partial charge in [0.05, 0.1) is 10.0 Å². The van der Waals surface area contributed by atoms with Crippen molar-refractivity contribution in [1.82, 2.24) is 5.32 Å². The van der Waals surface area contributed by atoms with Crippen molar-refractivity contribution in [1.29, 1.82) is 0 Å². The Labute approximate surface area is 124 Å². The lowest BCUT2D eigenvalue weighted by Gasteiger charge is -2.14. The lowest BCUT2D eigenvalue weighted by Crippen LogP contribution is -2.36. The number of benzene rings is 1. The van der Waals surface area contributed by atoms with Gasteiger partial charge in [0.2, 0.25) is 0 Å². The molecule has 0 aliphatic heterocycles. The van der Waals surface area contributed by atoms with E-state index in [4.69, 9.17) is 23.2 Å². The van der Waals surface area contributed by atoms with E-state index in [9.17, 15) is 4.79 Å². The minimum absolute atomic E-state index is 0.161. The van der Waals surface area contributed by atoms with Crippen molar-refractivity contribution in [2.24, 2.45) is 0 Å². The highest BCUT2D eigenvalue weighted by Crippen LogP contribution is 2.24. The molecule has 2 amide bonds. The maximum Gasteiger partial charge on any atom is 0.319 e. The van der Waals surface area contributed by atoms with Crippen molar-refractivity contribution in [3.8, 4) is 0 Å². The molecule has 0 spiro atoms. The second-order valence-electron chi connectivity index (χ2n) is 4.62. The van der Waals surface area contributed by atoms with Crippen LogP contribution in [0.25, 0.3) is 0 Å². The third-order valence-corrected chi connectivity index (χ3v) is 3.53. The Kier molecular flexibility index (Phi) is 7.03. The van der Waals surface area contributed by atoms with Gasteiger partial charge in [0.1, 0.15) is 0 Å². The van der Waals surface area contributed by atoms with E-state index in [0.717, 1.165) is 12.8 Å². The second-order valence-corrected chi connectivity index (χ2v) is 5.44. The molecule has 0 fully saturated rings. The summed E-state index contributed by atoms with van der Waals surface area (Å²) in [6, 6.07) is 4.95. The average molecular weight is 303 g/mol. The summed E-state index contributed by atoms with van der Waals surface area (Å²) >= 11 is 11.7. The smallest absolute Gasteiger partial charge is 0.319 e. The van der Waals surface area contributed by atoms with Crippen molar-refractivity contribution < 1.29 is 4.79 Å². The van der Waals surface area contributed by atoms with E-state index < -0.39 is 0 Å². The highest BCUT2D eigenvalue weighted by Gasteiger charge is 2.08. The van der Waals surface area contributed by atoms with Crippen LogP contribution >= 0.6 is 23.2 Å². The summed E-state index contributed by atoms with van der Waals surface area (Å²) in [7, 11) is 0. The lowest BCUT2D eigenvalue weighted by molar-refractivity contribution is 0.248. The van der Waals surface area contributed by atoms with Crippen LogP contribution in [-0.2, 0) is 0 Å². The third kappa shape index (κ3) is 6.17. The van der Waals surface area contributed by atoms with Gasteiger partial charge in [-0.25, -0.2) is 4.79 Å². The Morgan fingerprint density at radius 2 is 2.00 bits per heavy atom. The van der Waals surface area contributed by atoms with E-state index in [0.29, 0.717) is 15.7 Å². The van der Waals surface area contributed by atoms with E-state index in [-0.39, 0.29) is 12.1 Å². The van der Waals surface area contributed by atoms with Gasteiger partial charge < -0.3 is 10.6 Å². The first-order valence-electron chi connectivity index (χ1n) is 6.55. The Hall–Kier alpha value is -0.930. The van der Waals surface area contributed by atoms with Crippen molar-refractivity contribution in [3.63, 3.8) is 0 Å². The first-order valence-corrected chi connectivity index (χ1v) is 7.31. The fraction of sp³-hybridized carbons (Fsp3) is 0.500. The number of nitrogens with one attached hydrogen (secondary N) is 2. The molecule has 1 atom stereocenters. The number of halogens is 2. The second kappa shape index (κ2) is 8.28. The maximum atomic E-state index is 11.8. The predicted octanol–water partition coefficient (Wildman–Crippen LogP) is 5.08. The van der Waals surface area contributed by atoms with Crippen LogP contribution in [0, 0.1) is 0 Å². The van der Waals surface area contributed by atoms with E-state index >= 15 is 0 Å². The number of rotatable bonds is 6. The van der Waals surface area contributed by atoms with Crippen LogP contribution in [0.4, 0.5) is 10.5 Å². The molecule has 1 unspecified atom stereocenters. The van der Waals surface area contributed by atoms with Gasteiger partial charge in [0, 0.05) is 11.7 Å². The van der Waals surface area contributed by atoms with Crippen LogP contribution < -0.4 is 10.6 Å². The zero-order valence-corrected chi connectivity index (χ0v) is 12.8. The molecule has 3 nitrogen and oxygen atoms in total. The molecule has 1 aromatic rings. The van der Waals surface area contributed by atoms with E-state index in [1.54, 1.807) is 18.2 Å². The number of carbonyl (C=O) groups excluding carboxylic acids is 1. The highest BCUT2D eigenvalue weighted by molar-refractivity contribution is 6.42. The monoisotopic (exact) mass is 302 g/mol. The van der Waals surface area contributed by atoms with Gasteiger partial charge >= 0.3 is 6.03 Å². The summed E-state index contributed by atoms with van der Waals surface area (Å²) in [5.41, 5.74) is 0.632. The molecule has 0 heterocycles. The molecule has 1 rings (SSSR count). The Bertz CT molecular complexity index is 424. The molecule has 0 saturated heterocycles. The molecule has 0 bridgehead atoms. The molecule has 0 aromatic heterocycles. The largest absolute Gasteiger partial charge is 0.335 e. The molecule has 1 aromatic carbocycles. The number of urea groups is 1. The van der Waals surface area contributed by atoms with Crippen molar-refractivity contribution >= 4 is 34.9 Å². The molecule has 5 heteroatoms. The fourth-order valence-electron chi connectivity index (χ4n) is 1.74. The van der Waals surface area contributed by atoms with Crippen molar-refractivity contribution in [3.05, 3.63) is 28.2 Å². The molecular formula is C14H20Cl2N2O. The fourth-order valence-corrected chi connectivity index (χ4v) is 2.04. The minimum atomic E-state index is -0.220. The first-order chi connectivity index (χ1) is 9.02. The van der Waals surface area contributed by atoms with Crippen LogP contribution in [0.15, 0.2) is 18.2 Å². The maximum absolute atomic E-state index is 11.8. The van der Waals surface area contributed by atoms with Gasteiger partial charge in [0.15, 0.2) is 0 Å². The predicted molar refractivity (Wildman–Crippen MR) is 82.2 cm³/mol. The summed E-state index contributed by atoms with van der Waals surface area (Å²) in [6.45, 7) is 4.17. The topological polar surface area (TPSA) is 41.1 Å². The molecule has 0 radical (unpaired) electrons. The van der Waals surface area contributed by atoms with Gasteiger partial charge in [-0.15, -0.1) is 0 Å². The minimum Gasteiger partial charge on any atom is -0.335 e. The summed E-state index contributed by atoms with van der Waals surface area (Å²) in [5, 5.41) is 6.53. The number of hydrogen-bond acceptors (Lipinski definition) is 1. The van der Waals surface area contributed by atoms with E-state index in [2.05, 4.69) is 17.6 Å². The molecule has 0 saturated carbocycles. The number of hydrogen-bond donors (Lipinski definition) is 2. The molecule has 2 N–H and O–H groups in total. The van der Waals surface area contributed by atoms with Crippen molar-refractivity contribution in [2.75, 3.05) is 5.32 Å². The van der Waals surface area contributed by atoms with E-state index in [1.165, 1.54) is 12.8 Å². The molecule has 106 valence electrons. The Morgan fingerprint density at radius 1 is 1.26 bits per heavy atom. The lowest BCUT2D eigenvalue weighted by atomic mass is 10.1. The zero-order chi connectivity index (χ0) is 14.3. The summed E-state index contributed by atoms with van der Waals surface area (Å²) in [5.74, 6) is 0. The Balaban J connectivity index is 2.39. The third-order valence-electron chi connectivity index (χ3n) is 2.80. The average Bonchev–Trinajstić information content (AvgIpc) is 2.34. The van der Waals surface area contributed by atoms with Crippen LogP contribution in [-0.4, -0.2) is 12.1 Å². The number of unbranched alkanes of at least 4 members (excludes halogenated alkanes) is 2. The van der Waals surface area contributed by atoms with Gasteiger partial charge in [-0.1, -0.05) is 49.4 Å². The zero-order valence-electron chi connectivity index (χ0n) is 11.3. The number of amides is 2. The molecular weight excluding hydrogens is 283 g/mol. The first kappa shape index (κ1) is 16.1. The standard InChI is InChI=1S/C14H20Cl2N2O/c1-3-4-5-6-10(2)17-14(19)18-11-7-8-12(15)13(16)9-11/h7-10H,3-6H2,1-2H3,(H2,17,18,19).